The first-order valence-electron chi connectivity index (χ1n) is 5.04. The van der Waals surface area contributed by atoms with E-state index < -0.39 is 23.0 Å². The Hall–Kier alpha value is -1.65. The third kappa shape index (κ3) is 2.72. The molecule has 94 valence electrons. The fraction of sp³-hybridized carbons (Fsp3) is 0.417. The number of methoxy groups -OCH3 is 1. The quantitative estimate of drug-likeness (QED) is 0.885. The zero-order chi connectivity index (χ0) is 13.2. The lowest BCUT2D eigenvalue weighted by molar-refractivity contribution is -0.146. The Bertz CT molecular complexity index is 442. The second-order valence-corrected chi connectivity index (χ2v) is 4.42. The molecule has 0 heterocycles. The minimum atomic E-state index is -1.15. The predicted molar refractivity (Wildman–Crippen MR) is 58.0 cm³/mol. The monoisotopic (exact) mass is 244 g/mol. The molecular formula is C12H14F2O3. The van der Waals surface area contributed by atoms with Crippen LogP contribution in [0.4, 0.5) is 8.78 Å². The van der Waals surface area contributed by atoms with Gasteiger partial charge in [-0.25, -0.2) is 4.39 Å². The summed E-state index contributed by atoms with van der Waals surface area (Å²) in [5, 5.41) is 8.92. The summed E-state index contributed by atoms with van der Waals surface area (Å²) in [6.45, 7) is 2.91. The molecule has 0 aromatic heterocycles. The molecule has 1 aromatic rings. The zero-order valence-corrected chi connectivity index (χ0v) is 9.88. The van der Waals surface area contributed by atoms with Crippen molar-refractivity contribution in [2.24, 2.45) is 5.41 Å². The maximum Gasteiger partial charge on any atom is 0.309 e. The van der Waals surface area contributed by atoms with Crippen LogP contribution in [0, 0.1) is 17.0 Å². The lowest BCUT2D eigenvalue weighted by Gasteiger charge is -2.19. The summed E-state index contributed by atoms with van der Waals surface area (Å²) in [7, 11) is 1.23. The van der Waals surface area contributed by atoms with Gasteiger partial charge in [-0.3, -0.25) is 4.79 Å². The van der Waals surface area contributed by atoms with Crippen molar-refractivity contribution in [3.63, 3.8) is 0 Å². The number of carboxylic acid groups (broad SMARTS) is 1. The van der Waals surface area contributed by atoms with E-state index in [9.17, 15) is 13.6 Å². The van der Waals surface area contributed by atoms with Gasteiger partial charge in [-0.15, -0.1) is 0 Å². The van der Waals surface area contributed by atoms with E-state index in [0.29, 0.717) is 0 Å². The predicted octanol–water partition coefficient (Wildman–Crippen LogP) is 2.63. The molecule has 0 aliphatic rings. The first-order chi connectivity index (χ1) is 7.79. The summed E-state index contributed by atoms with van der Waals surface area (Å²) in [6.07, 6.45) is -0.0882. The lowest BCUT2D eigenvalue weighted by Crippen LogP contribution is -2.26. The van der Waals surface area contributed by atoms with Crippen molar-refractivity contribution in [3.8, 4) is 5.75 Å². The average Bonchev–Trinajstić information content (AvgIpc) is 2.25. The zero-order valence-electron chi connectivity index (χ0n) is 9.88. The Morgan fingerprint density at radius 2 is 1.94 bits per heavy atom. The lowest BCUT2D eigenvalue weighted by atomic mass is 9.85. The minimum absolute atomic E-state index is 0.0238. The molecule has 1 N–H and O–H groups in total. The molecule has 1 rings (SSSR count). The van der Waals surface area contributed by atoms with E-state index in [1.165, 1.54) is 33.1 Å². The number of carboxylic acids is 1. The molecule has 5 heteroatoms. The van der Waals surface area contributed by atoms with Crippen molar-refractivity contribution in [1.29, 1.82) is 0 Å². The van der Waals surface area contributed by atoms with Gasteiger partial charge in [-0.2, -0.15) is 4.39 Å². The Morgan fingerprint density at radius 3 is 2.41 bits per heavy atom. The van der Waals surface area contributed by atoms with Crippen LogP contribution in [0.25, 0.3) is 0 Å². The first-order valence-corrected chi connectivity index (χ1v) is 5.04. The Balaban J connectivity index is 3.09. The fourth-order valence-corrected chi connectivity index (χ4v) is 1.42. The standard InChI is InChI=1S/C12H14F2O3/c1-12(2,11(15)16)6-7-4-5-8(17-3)10(14)9(7)13/h4-5H,6H2,1-3H3,(H,15,16). The fourth-order valence-electron chi connectivity index (χ4n) is 1.42. The highest BCUT2D eigenvalue weighted by Crippen LogP contribution is 2.28. The summed E-state index contributed by atoms with van der Waals surface area (Å²) in [5.74, 6) is -3.41. The molecule has 0 fully saturated rings. The van der Waals surface area contributed by atoms with Crippen LogP contribution in [0.15, 0.2) is 12.1 Å². The Labute approximate surface area is 98.0 Å². The van der Waals surface area contributed by atoms with Gasteiger partial charge in [0, 0.05) is 0 Å². The molecule has 0 bridgehead atoms. The van der Waals surface area contributed by atoms with Crippen LogP contribution in [0.1, 0.15) is 19.4 Å². The molecule has 0 unspecified atom stereocenters. The van der Waals surface area contributed by atoms with Gasteiger partial charge in [0.25, 0.3) is 0 Å². The molecule has 3 nitrogen and oxygen atoms in total. The second-order valence-electron chi connectivity index (χ2n) is 4.42. The molecule has 0 aliphatic carbocycles. The van der Waals surface area contributed by atoms with Crippen molar-refractivity contribution in [1.82, 2.24) is 0 Å². The molecule has 1 aromatic carbocycles. The van der Waals surface area contributed by atoms with E-state index in [1.54, 1.807) is 0 Å². The third-order valence-corrected chi connectivity index (χ3v) is 2.56. The molecule has 0 saturated carbocycles. The summed E-state index contributed by atoms with van der Waals surface area (Å²) in [5.41, 5.74) is -1.13. The van der Waals surface area contributed by atoms with Gasteiger partial charge in [0.2, 0.25) is 5.82 Å². The van der Waals surface area contributed by atoms with Crippen LogP contribution < -0.4 is 4.74 Å². The molecular weight excluding hydrogens is 230 g/mol. The number of aliphatic carboxylic acids is 1. The van der Waals surface area contributed by atoms with Crippen LogP contribution in [0.2, 0.25) is 0 Å². The van der Waals surface area contributed by atoms with Gasteiger partial charge < -0.3 is 9.84 Å². The largest absolute Gasteiger partial charge is 0.494 e. The smallest absolute Gasteiger partial charge is 0.309 e. The summed E-state index contributed by atoms with van der Waals surface area (Å²) >= 11 is 0. The van der Waals surface area contributed by atoms with Crippen molar-refractivity contribution in [2.75, 3.05) is 7.11 Å². The van der Waals surface area contributed by atoms with Crippen molar-refractivity contribution >= 4 is 5.97 Å². The normalized spacial score (nSPS) is 11.4. The van der Waals surface area contributed by atoms with Gasteiger partial charge in [-0.1, -0.05) is 6.07 Å². The number of halogens is 2. The average molecular weight is 244 g/mol. The molecule has 0 aliphatic heterocycles. The number of ether oxygens (including phenoxy) is 1. The summed E-state index contributed by atoms with van der Waals surface area (Å²) in [6, 6.07) is 2.62. The van der Waals surface area contributed by atoms with Crippen LogP contribution in [0.3, 0.4) is 0 Å². The van der Waals surface area contributed by atoms with E-state index in [2.05, 4.69) is 4.74 Å². The van der Waals surface area contributed by atoms with Crippen LogP contribution in [-0.4, -0.2) is 18.2 Å². The van der Waals surface area contributed by atoms with Crippen LogP contribution in [0.5, 0.6) is 5.75 Å². The Kier molecular flexibility index (Phi) is 3.70. The molecule has 0 radical (unpaired) electrons. The maximum atomic E-state index is 13.6. The Morgan fingerprint density at radius 1 is 1.35 bits per heavy atom. The molecule has 0 atom stereocenters. The van der Waals surface area contributed by atoms with E-state index >= 15 is 0 Å². The van der Waals surface area contributed by atoms with Gasteiger partial charge >= 0.3 is 5.97 Å². The van der Waals surface area contributed by atoms with E-state index in [-0.39, 0.29) is 17.7 Å². The second kappa shape index (κ2) is 4.69. The highest BCUT2D eigenvalue weighted by Gasteiger charge is 2.29. The number of rotatable bonds is 4. The topological polar surface area (TPSA) is 46.5 Å². The molecule has 17 heavy (non-hydrogen) atoms. The number of benzene rings is 1. The minimum Gasteiger partial charge on any atom is -0.494 e. The van der Waals surface area contributed by atoms with E-state index in [4.69, 9.17) is 5.11 Å². The van der Waals surface area contributed by atoms with Gasteiger partial charge in [0.15, 0.2) is 11.6 Å². The van der Waals surface area contributed by atoms with Gasteiger partial charge in [0.1, 0.15) is 0 Å². The van der Waals surface area contributed by atoms with Crippen LogP contribution >= 0.6 is 0 Å². The molecule has 0 amide bonds. The van der Waals surface area contributed by atoms with Crippen molar-refractivity contribution in [2.45, 2.75) is 20.3 Å². The number of hydrogen-bond acceptors (Lipinski definition) is 2. The summed E-state index contributed by atoms with van der Waals surface area (Å²) in [4.78, 5) is 10.9. The molecule has 0 saturated heterocycles. The number of hydrogen-bond donors (Lipinski definition) is 1. The first kappa shape index (κ1) is 13.4. The van der Waals surface area contributed by atoms with Gasteiger partial charge in [0.05, 0.1) is 12.5 Å². The van der Waals surface area contributed by atoms with Crippen LogP contribution in [-0.2, 0) is 11.2 Å². The van der Waals surface area contributed by atoms with E-state index in [0.717, 1.165) is 0 Å². The third-order valence-electron chi connectivity index (χ3n) is 2.56. The van der Waals surface area contributed by atoms with Crippen molar-refractivity contribution < 1.29 is 23.4 Å². The highest BCUT2D eigenvalue weighted by atomic mass is 19.2. The highest BCUT2D eigenvalue weighted by molar-refractivity contribution is 5.74. The SMILES string of the molecule is COc1ccc(CC(C)(C)C(=O)O)c(F)c1F. The number of carbonyl (C=O) groups is 1. The summed E-state index contributed by atoms with van der Waals surface area (Å²) < 4.78 is 31.6. The molecule has 0 spiro atoms. The van der Waals surface area contributed by atoms with Gasteiger partial charge in [-0.05, 0) is 31.9 Å². The van der Waals surface area contributed by atoms with E-state index in [1.807, 2.05) is 0 Å². The van der Waals surface area contributed by atoms with Crippen molar-refractivity contribution in [3.05, 3.63) is 29.3 Å². The maximum absolute atomic E-state index is 13.6.